The molecule has 0 aromatic heterocycles. The highest BCUT2D eigenvalue weighted by molar-refractivity contribution is 7.88. The monoisotopic (exact) mass is 295 g/mol. The SMILES string of the molecule is CS(=O)(=O)N1CCc2ccccc2[C@H]1[C@@H]1CCC(=O)O1. The Hall–Kier alpha value is -1.40. The summed E-state index contributed by atoms with van der Waals surface area (Å²) in [5.41, 5.74) is 2.10. The standard InChI is InChI=1S/C14H17NO4S/c1-20(17,18)15-9-8-10-4-2-3-5-11(10)14(15)12-6-7-13(16)19-12/h2-5,12,14H,6-9H2,1H3/t12-,14-/m0/s1. The van der Waals surface area contributed by atoms with Crippen LogP contribution in [0.2, 0.25) is 0 Å². The number of hydrogen-bond donors (Lipinski definition) is 0. The molecule has 1 saturated heterocycles. The van der Waals surface area contributed by atoms with Crippen LogP contribution < -0.4 is 0 Å². The van der Waals surface area contributed by atoms with Crippen molar-refractivity contribution in [3.63, 3.8) is 0 Å². The molecule has 0 unspecified atom stereocenters. The summed E-state index contributed by atoms with van der Waals surface area (Å²) in [7, 11) is -3.33. The van der Waals surface area contributed by atoms with Crippen molar-refractivity contribution in [1.82, 2.24) is 4.31 Å². The topological polar surface area (TPSA) is 63.7 Å². The maximum absolute atomic E-state index is 12.0. The Balaban J connectivity index is 2.05. The zero-order valence-electron chi connectivity index (χ0n) is 11.3. The van der Waals surface area contributed by atoms with E-state index in [0.29, 0.717) is 25.8 Å². The van der Waals surface area contributed by atoms with E-state index in [2.05, 4.69) is 0 Å². The highest BCUT2D eigenvalue weighted by atomic mass is 32.2. The lowest BCUT2D eigenvalue weighted by Crippen LogP contribution is -2.44. The third kappa shape index (κ3) is 2.33. The Morgan fingerprint density at radius 3 is 2.65 bits per heavy atom. The average Bonchev–Trinajstić information content (AvgIpc) is 2.82. The molecule has 3 rings (SSSR count). The number of benzene rings is 1. The van der Waals surface area contributed by atoms with Gasteiger partial charge in [0, 0.05) is 13.0 Å². The van der Waals surface area contributed by atoms with Crippen molar-refractivity contribution in [2.24, 2.45) is 0 Å². The summed E-state index contributed by atoms with van der Waals surface area (Å²) in [5, 5.41) is 0. The summed E-state index contributed by atoms with van der Waals surface area (Å²) in [4.78, 5) is 11.4. The van der Waals surface area contributed by atoms with Crippen molar-refractivity contribution in [3.8, 4) is 0 Å². The Labute approximate surface area is 118 Å². The predicted molar refractivity (Wildman–Crippen MR) is 73.6 cm³/mol. The minimum atomic E-state index is -3.33. The first kappa shape index (κ1) is 13.6. The summed E-state index contributed by atoms with van der Waals surface area (Å²) >= 11 is 0. The number of sulfonamides is 1. The van der Waals surface area contributed by atoms with E-state index in [1.54, 1.807) is 0 Å². The van der Waals surface area contributed by atoms with Crippen molar-refractivity contribution in [2.75, 3.05) is 12.8 Å². The lowest BCUT2D eigenvalue weighted by Gasteiger charge is -2.37. The van der Waals surface area contributed by atoms with Gasteiger partial charge >= 0.3 is 5.97 Å². The van der Waals surface area contributed by atoms with Gasteiger partial charge in [0.1, 0.15) is 6.10 Å². The molecule has 6 heteroatoms. The van der Waals surface area contributed by atoms with Gasteiger partial charge in [0.2, 0.25) is 10.0 Å². The lowest BCUT2D eigenvalue weighted by molar-refractivity contribution is -0.143. The number of carbonyl (C=O) groups is 1. The number of ether oxygens (including phenoxy) is 1. The largest absolute Gasteiger partial charge is 0.460 e. The number of cyclic esters (lactones) is 1. The number of nitrogens with zero attached hydrogens (tertiary/aromatic N) is 1. The maximum Gasteiger partial charge on any atom is 0.306 e. The summed E-state index contributed by atoms with van der Waals surface area (Å²) in [6, 6.07) is 7.41. The first-order valence-electron chi connectivity index (χ1n) is 6.71. The molecule has 0 saturated carbocycles. The molecule has 5 nitrogen and oxygen atoms in total. The number of fused-ring (bicyclic) bond motifs is 1. The molecule has 108 valence electrons. The van der Waals surface area contributed by atoms with Crippen LogP contribution in [0.4, 0.5) is 0 Å². The van der Waals surface area contributed by atoms with Gasteiger partial charge in [-0.25, -0.2) is 8.42 Å². The second-order valence-electron chi connectivity index (χ2n) is 5.33. The van der Waals surface area contributed by atoms with Crippen molar-refractivity contribution in [2.45, 2.75) is 31.4 Å². The van der Waals surface area contributed by atoms with E-state index in [1.165, 1.54) is 10.6 Å². The second-order valence-corrected chi connectivity index (χ2v) is 7.27. The van der Waals surface area contributed by atoms with Crippen LogP contribution in [0.15, 0.2) is 24.3 Å². The number of esters is 1. The molecule has 1 aromatic rings. The van der Waals surface area contributed by atoms with E-state index in [1.807, 2.05) is 24.3 Å². The molecule has 2 aliphatic heterocycles. The van der Waals surface area contributed by atoms with E-state index >= 15 is 0 Å². The summed E-state index contributed by atoms with van der Waals surface area (Å²) in [5.74, 6) is -0.244. The van der Waals surface area contributed by atoms with Gasteiger partial charge in [-0.2, -0.15) is 4.31 Å². The number of hydrogen-bond acceptors (Lipinski definition) is 4. The van der Waals surface area contributed by atoms with Crippen molar-refractivity contribution in [3.05, 3.63) is 35.4 Å². The average molecular weight is 295 g/mol. The molecule has 1 fully saturated rings. The first-order chi connectivity index (χ1) is 9.47. The van der Waals surface area contributed by atoms with Crippen LogP contribution in [0, 0.1) is 0 Å². The molecule has 0 radical (unpaired) electrons. The quantitative estimate of drug-likeness (QED) is 0.770. The third-order valence-electron chi connectivity index (χ3n) is 3.98. The minimum absolute atomic E-state index is 0.244. The Bertz CT molecular complexity index is 640. The lowest BCUT2D eigenvalue weighted by atomic mass is 9.90. The molecular formula is C14H17NO4S. The summed E-state index contributed by atoms with van der Waals surface area (Å²) in [6.07, 6.45) is 2.47. The summed E-state index contributed by atoms with van der Waals surface area (Å²) in [6.45, 7) is 0.439. The molecule has 2 aliphatic rings. The van der Waals surface area contributed by atoms with E-state index < -0.39 is 10.0 Å². The van der Waals surface area contributed by atoms with E-state index in [9.17, 15) is 13.2 Å². The van der Waals surface area contributed by atoms with Gasteiger partial charge in [-0.1, -0.05) is 24.3 Å². The van der Waals surface area contributed by atoms with Gasteiger partial charge in [-0.05, 0) is 24.0 Å². The van der Waals surface area contributed by atoms with Crippen LogP contribution in [-0.2, 0) is 26.0 Å². The normalized spacial score (nSPS) is 27.1. The van der Waals surface area contributed by atoms with Crippen LogP contribution in [0.1, 0.15) is 30.0 Å². The van der Waals surface area contributed by atoms with Crippen molar-refractivity contribution >= 4 is 16.0 Å². The van der Waals surface area contributed by atoms with Crippen molar-refractivity contribution < 1.29 is 17.9 Å². The fourth-order valence-corrected chi connectivity index (χ4v) is 4.19. The molecular weight excluding hydrogens is 278 g/mol. The van der Waals surface area contributed by atoms with Crippen LogP contribution in [-0.4, -0.2) is 37.6 Å². The number of carbonyl (C=O) groups excluding carboxylic acids is 1. The zero-order chi connectivity index (χ0) is 14.3. The minimum Gasteiger partial charge on any atom is -0.460 e. The molecule has 2 heterocycles. The summed E-state index contributed by atoms with van der Waals surface area (Å²) < 4.78 is 30.9. The first-order valence-corrected chi connectivity index (χ1v) is 8.56. The van der Waals surface area contributed by atoms with Gasteiger partial charge < -0.3 is 4.74 Å². The van der Waals surface area contributed by atoms with Crippen LogP contribution >= 0.6 is 0 Å². The Morgan fingerprint density at radius 2 is 2.00 bits per heavy atom. The van der Waals surface area contributed by atoms with Crippen molar-refractivity contribution in [1.29, 1.82) is 0 Å². The maximum atomic E-state index is 12.0. The fraction of sp³-hybridized carbons (Fsp3) is 0.500. The van der Waals surface area contributed by atoms with E-state index in [-0.39, 0.29) is 18.1 Å². The van der Waals surface area contributed by atoms with Gasteiger partial charge in [0.15, 0.2) is 0 Å². The van der Waals surface area contributed by atoms with Gasteiger partial charge in [0.05, 0.1) is 12.3 Å². The van der Waals surface area contributed by atoms with Crippen LogP contribution in [0.3, 0.4) is 0 Å². The smallest absolute Gasteiger partial charge is 0.306 e. The van der Waals surface area contributed by atoms with Gasteiger partial charge in [-0.15, -0.1) is 0 Å². The molecule has 2 atom stereocenters. The Morgan fingerprint density at radius 1 is 1.25 bits per heavy atom. The molecule has 0 N–H and O–H groups in total. The second kappa shape index (κ2) is 4.86. The molecule has 0 aliphatic carbocycles. The van der Waals surface area contributed by atoms with Crippen LogP contribution in [0.25, 0.3) is 0 Å². The fourth-order valence-electron chi connectivity index (χ4n) is 3.10. The van der Waals surface area contributed by atoms with Gasteiger partial charge in [-0.3, -0.25) is 4.79 Å². The Kier molecular flexibility index (Phi) is 3.30. The molecule has 0 amide bonds. The van der Waals surface area contributed by atoms with Gasteiger partial charge in [0.25, 0.3) is 0 Å². The molecule has 20 heavy (non-hydrogen) atoms. The third-order valence-corrected chi connectivity index (χ3v) is 5.24. The molecule has 0 spiro atoms. The van der Waals surface area contributed by atoms with Crippen LogP contribution in [0.5, 0.6) is 0 Å². The zero-order valence-corrected chi connectivity index (χ0v) is 12.1. The van der Waals surface area contributed by atoms with E-state index in [4.69, 9.17) is 4.74 Å². The highest BCUT2D eigenvalue weighted by Crippen LogP contribution is 2.38. The molecule has 1 aromatic carbocycles. The predicted octanol–water partition coefficient (Wildman–Crippen LogP) is 1.25. The van der Waals surface area contributed by atoms with E-state index in [0.717, 1.165) is 11.1 Å². The highest BCUT2D eigenvalue weighted by Gasteiger charge is 2.42. The number of rotatable bonds is 2. The molecule has 0 bridgehead atoms.